The summed E-state index contributed by atoms with van der Waals surface area (Å²) in [7, 11) is 0. The molecule has 2 aromatic rings. The number of nitrogens with one attached hydrogen (secondary N) is 1. The summed E-state index contributed by atoms with van der Waals surface area (Å²) in [6.45, 7) is 2.64. The van der Waals surface area contributed by atoms with Gasteiger partial charge in [0.15, 0.2) is 10.0 Å². The van der Waals surface area contributed by atoms with E-state index in [1.807, 2.05) is 0 Å². The predicted molar refractivity (Wildman–Crippen MR) is 125 cm³/mol. The van der Waals surface area contributed by atoms with Gasteiger partial charge in [-0.1, -0.05) is 23.1 Å². The van der Waals surface area contributed by atoms with Gasteiger partial charge in [0.1, 0.15) is 28.7 Å². The van der Waals surface area contributed by atoms with Gasteiger partial charge in [0.2, 0.25) is 5.91 Å². The number of rotatable bonds is 7. The number of carboxylic acids is 1. The molecule has 1 saturated heterocycles. The third-order valence-electron chi connectivity index (χ3n) is 5.14. The number of hydrogen-bond acceptors (Lipinski definition) is 9. The Bertz CT molecular complexity index is 1250. The molecule has 2 unspecified atom stereocenters. The Labute approximate surface area is 216 Å². The maximum atomic E-state index is 13.1. The summed E-state index contributed by atoms with van der Waals surface area (Å²) in [5.74, 6) is -1.94. The van der Waals surface area contributed by atoms with Crippen molar-refractivity contribution in [2.45, 2.75) is 42.3 Å². The number of carbonyl (C=O) groups is 3. The molecule has 0 bridgehead atoms. The van der Waals surface area contributed by atoms with Gasteiger partial charge in [-0.15, -0.1) is 22.0 Å². The molecule has 0 aromatic carbocycles. The lowest BCUT2D eigenvalue weighted by Crippen LogP contribution is -2.70. The number of nitrogens with zero attached hydrogens (tertiary/aromatic N) is 5. The molecule has 0 saturated carbocycles. The molecule has 2 amide bonds. The summed E-state index contributed by atoms with van der Waals surface area (Å²) in [6.07, 6.45) is -4.70. The van der Waals surface area contributed by atoms with Gasteiger partial charge in [0.25, 0.3) is 5.91 Å². The second kappa shape index (κ2) is 9.74. The Balaban J connectivity index is 1.44. The second-order valence-corrected chi connectivity index (χ2v) is 11.8. The van der Waals surface area contributed by atoms with E-state index in [2.05, 4.69) is 36.5 Å². The fourth-order valence-corrected chi connectivity index (χ4v) is 7.30. The lowest BCUT2D eigenvalue weighted by atomic mass is 10.0. The molecule has 35 heavy (non-hydrogen) atoms. The predicted octanol–water partition coefficient (Wildman–Crippen LogP) is 2.66. The number of aliphatic carboxylic acids is 1. The zero-order valence-electron chi connectivity index (χ0n) is 17.9. The summed E-state index contributed by atoms with van der Waals surface area (Å²) >= 11 is 6.85. The minimum Gasteiger partial charge on any atom is -0.477 e. The van der Waals surface area contributed by atoms with E-state index in [4.69, 9.17) is 0 Å². The molecule has 2 atom stereocenters. The molecule has 2 aliphatic rings. The van der Waals surface area contributed by atoms with Gasteiger partial charge in [-0.05, 0) is 35.4 Å². The highest BCUT2D eigenvalue weighted by molar-refractivity contribution is 9.10. The zero-order valence-corrected chi connectivity index (χ0v) is 22.0. The molecular weight excluding hydrogens is 597 g/mol. The summed E-state index contributed by atoms with van der Waals surface area (Å²) in [4.78, 5) is 38.4. The molecule has 17 heteroatoms. The van der Waals surface area contributed by atoms with Gasteiger partial charge in [-0.2, -0.15) is 18.3 Å². The summed E-state index contributed by atoms with van der Waals surface area (Å²) < 4.78 is 40.5. The largest absolute Gasteiger partial charge is 0.477 e. The van der Waals surface area contributed by atoms with E-state index in [0.717, 1.165) is 14.6 Å². The van der Waals surface area contributed by atoms with E-state index in [1.165, 1.54) is 41.8 Å². The van der Waals surface area contributed by atoms with Crippen LogP contribution < -0.4 is 5.32 Å². The molecule has 1 fully saturated rings. The molecule has 0 radical (unpaired) electrons. The molecule has 10 nitrogen and oxygen atoms in total. The van der Waals surface area contributed by atoms with Crippen LogP contribution in [0, 0.1) is 13.8 Å². The quantitative estimate of drug-likeness (QED) is 0.358. The van der Waals surface area contributed by atoms with Crippen LogP contribution in [-0.4, -0.2) is 70.7 Å². The van der Waals surface area contributed by atoms with Crippen molar-refractivity contribution in [3.8, 4) is 0 Å². The Morgan fingerprint density at radius 3 is 2.60 bits per heavy atom. The first-order chi connectivity index (χ1) is 16.4. The monoisotopic (exact) mass is 612 g/mol. The number of thioether (sulfide) groups is 2. The van der Waals surface area contributed by atoms with E-state index < -0.39 is 47.6 Å². The van der Waals surface area contributed by atoms with Crippen LogP contribution in [0.2, 0.25) is 0 Å². The fourth-order valence-electron chi connectivity index (χ4n) is 3.49. The van der Waals surface area contributed by atoms with Crippen molar-refractivity contribution in [1.29, 1.82) is 0 Å². The van der Waals surface area contributed by atoms with Crippen LogP contribution in [0.15, 0.2) is 20.1 Å². The molecule has 2 N–H and O–H groups in total. The minimum atomic E-state index is -4.70. The fraction of sp³-hybridized carbons (Fsp3) is 0.444. The van der Waals surface area contributed by atoms with Crippen LogP contribution in [0.4, 0.5) is 13.2 Å². The van der Waals surface area contributed by atoms with Crippen LogP contribution in [0.1, 0.15) is 16.4 Å². The van der Waals surface area contributed by atoms with Crippen molar-refractivity contribution in [1.82, 2.24) is 30.2 Å². The number of halogens is 4. The normalized spacial score (nSPS) is 20.1. The lowest BCUT2D eigenvalue weighted by Gasteiger charge is -2.49. The summed E-state index contributed by atoms with van der Waals surface area (Å²) in [5, 5.41) is 23.8. The Morgan fingerprint density at radius 1 is 1.31 bits per heavy atom. The van der Waals surface area contributed by atoms with Crippen molar-refractivity contribution >= 4 is 68.6 Å². The van der Waals surface area contributed by atoms with Gasteiger partial charge in [0.05, 0.1) is 10.2 Å². The highest BCUT2D eigenvalue weighted by Gasteiger charge is 2.54. The number of β-lactam (4-membered cyclic amide) rings is 1. The number of carbonyl (C=O) groups excluding carboxylic acids is 2. The van der Waals surface area contributed by atoms with Crippen molar-refractivity contribution in [3.63, 3.8) is 0 Å². The van der Waals surface area contributed by atoms with Gasteiger partial charge >= 0.3 is 12.1 Å². The molecular formula is C18H16BrF3N6O4S3. The van der Waals surface area contributed by atoms with Crippen molar-refractivity contribution in [2.24, 2.45) is 0 Å². The number of aromatic nitrogens is 4. The number of fused-ring (bicyclic) bond motifs is 1. The molecule has 2 aliphatic heterocycles. The first-order valence-electron chi connectivity index (χ1n) is 9.80. The SMILES string of the molecule is Cc1nnc(SCC2=C(C(=O)O)N3C(=O)C(NC(=O)Cn4nc(C(F)(F)F)c(Br)c4C)C3SC2)s1. The van der Waals surface area contributed by atoms with Crippen LogP contribution >= 0.6 is 50.8 Å². The highest BCUT2D eigenvalue weighted by Crippen LogP contribution is 2.42. The maximum Gasteiger partial charge on any atom is 0.436 e. The first kappa shape index (κ1) is 26.0. The molecule has 4 rings (SSSR count). The van der Waals surface area contributed by atoms with E-state index in [1.54, 1.807) is 6.92 Å². The molecule has 0 spiro atoms. The van der Waals surface area contributed by atoms with Crippen molar-refractivity contribution < 1.29 is 32.7 Å². The number of carboxylic acid groups (broad SMARTS) is 1. The number of hydrogen-bond donors (Lipinski definition) is 2. The number of aryl methyl sites for hydroxylation is 1. The van der Waals surface area contributed by atoms with Gasteiger partial charge in [-0.25, -0.2) is 4.79 Å². The Morgan fingerprint density at radius 2 is 2.03 bits per heavy atom. The number of amides is 2. The standard InChI is InChI=1S/C18H16BrF3N6O4S3/c1-6-10(19)13(18(20,21)22)26-27(6)3-9(29)23-11-14(30)28-12(16(31)32)8(4-33-15(11)28)5-34-17-25-24-7(2)35-17/h11,15H,3-5H2,1-2H3,(H,23,29)(H,31,32). The molecule has 4 heterocycles. The average Bonchev–Trinajstić information content (AvgIpc) is 3.32. The molecule has 188 valence electrons. The number of alkyl halides is 3. The van der Waals surface area contributed by atoms with Gasteiger partial charge in [0, 0.05) is 11.5 Å². The third kappa shape index (κ3) is 5.08. The smallest absolute Gasteiger partial charge is 0.436 e. The molecule has 2 aromatic heterocycles. The van der Waals surface area contributed by atoms with E-state index in [9.17, 15) is 32.7 Å². The van der Waals surface area contributed by atoms with Gasteiger partial charge < -0.3 is 10.4 Å². The highest BCUT2D eigenvalue weighted by atomic mass is 79.9. The van der Waals surface area contributed by atoms with Crippen molar-refractivity contribution in [2.75, 3.05) is 11.5 Å². The van der Waals surface area contributed by atoms with E-state index in [0.29, 0.717) is 21.4 Å². The Hall–Kier alpha value is -2.11. The van der Waals surface area contributed by atoms with Gasteiger partial charge in [-0.3, -0.25) is 19.2 Å². The van der Waals surface area contributed by atoms with E-state index in [-0.39, 0.29) is 15.9 Å². The topological polar surface area (TPSA) is 130 Å². The van der Waals surface area contributed by atoms with Crippen LogP contribution in [0.3, 0.4) is 0 Å². The van der Waals surface area contributed by atoms with E-state index >= 15 is 0 Å². The average molecular weight is 613 g/mol. The van der Waals surface area contributed by atoms with Crippen molar-refractivity contribution in [3.05, 3.63) is 32.1 Å². The van der Waals surface area contributed by atoms with Crippen LogP contribution in [0.25, 0.3) is 0 Å². The first-order valence-corrected chi connectivity index (χ1v) is 13.4. The third-order valence-corrected chi connectivity index (χ3v) is 9.49. The maximum absolute atomic E-state index is 13.1. The Kier molecular flexibility index (Phi) is 7.23. The second-order valence-electron chi connectivity index (χ2n) is 7.49. The van der Waals surface area contributed by atoms with Crippen LogP contribution in [-0.2, 0) is 27.1 Å². The minimum absolute atomic E-state index is 0.102. The summed E-state index contributed by atoms with van der Waals surface area (Å²) in [6, 6.07) is -0.997. The van der Waals surface area contributed by atoms with Crippen LogP contribution in [0.5, 0.6) is 0 Å². The summed E-state index contributed by atoms with van der Waals surface area (Å²) in [5.41, 5.74) is -0.627. The molecule has 0 aliphatic carbocycles. The zero-order chi connectivity index (χ0) is 25.7. The lowest BCUT2D eigenvalue weighted by molar-refractivity contribution is -0.150.